The van der Waals surface area contributed by atoms with Crippen molar-refractivity contribution >= 4 is 0 Å². The van der Waals surface area contributed by atoms with Gasteiger partial charge < -0.3 is 0 Å². The van der Waals surface area contributed by atoms with E-state index in [1.165, 1.54) is 6.42 Å². The lowest BCUT2D eigenvalue weighted by Gasteiger charge is -2.43. The molecule has 1 heteroatoms. The Morgan fingerprint density at radius 2 is 2.11 bits per heavy atom. The maximum Gasteiger partial charge on any atom is 0.0923 e. The fourth-order valence-electron chi connectivity index (χ4n) is 1.73. The lowest BCUT2D eigenvalue weighted by atomic mass is 9.62. The smallest absolute Gasteiger partial charge is 0.0923 e. The summed E-state index contributed by atoms with van der Waals surface area (Å²) in [5.74, 6) is 0.398. The fourth-order valence-corrected chi connectivity index (χ4v) is 1.73. The molecule has 0 unspecified atom stereocenters. The zero-order valence-corrected chi connectivity index (χ0v) is 6.28. The summed E-state index contributed by atoms with van der Waals surface area (Å²) in [5.41, 5.74) is 0.497. The summed E-state index contributed by atoms with van der Waals surface area (Å²) in [6.45, 7) is 4.34. The average Bonchev–Trinajstić information content (AvgIpc) is 1.81. The van der Waals surface area contributed by atoms with Crippen molar-refractivity contribution < 1.29 is 4.39 Å². The molecule has 0 bridgehead atoms. The highest BCUT2D eigenvalue weighted by molar-refractivity contribution is 4.88. The van der Waals surface area contributed by atoms with Gasteiger partial charge in [0, 0.05) is 0 Å². The van der Waals surface area contributed by atoms with Crippen LogP contribution < -0.4 is 0 Å². The van der Waals surface area contributed by atoms with E-state index in [1.54, 1.807) is 0 Å². The normalized spacial score (nSPS) is 42.3. The van der Waals surface area contributed by atoms with Crippen molar-refractivity contribution in [3.05, 3.63) is 0 Å². The van der Waals surface area contributed by atoms with Crippen LogP contribution in [0.15, 0.2) is 0 Å². The Bertz CT molecular complexity index is 92.7. The molecule has 0 aromatic carbocycles. The van der Waals surface area contributed by atoms with E-state index >= 15 is 0 Å². The topological polar surface area (TPSA) is 0 Å². The van der Waals surface area contributed by atoms with Crippen molar-refractivity contribution in [3.8, 4) is 0 Å². The van der Waals surface area contributed by atoms with Gasteiger partial charge in [-0.05, 0) is 24.2 Å². The summed E-state index contributed by atoms with van der Waals surface area (Å²) in [4.78, 5) is 0. The van der Waals surface area contributed by atoms with Crippen molar-refractivity contribution in [3.63, 3.8) is 0 Å². The van der Waals surface area contributed by atoms with E-state index in [-0.39, 0.29) is 6.67 Å². The van der Waals surface area contributed by atoms with Crippen LogP contribution in [0.2, 0.25) is 0 Å². The molecular formula is C8H15F. The van der Waals surface area contributed by atoms with Crippen LogP contribution in [0.5, 0.6) is 0 Å². The Balaban J connectivity index is 2.24. The van der Waals surface area contributed by atoms with Gasteiger partial charge in [-0.2, -0.15) is 0 Å². The summed E-state index contributed by atoms with van der Waals surface area (Å²) in [7, 11) is 0. The number of alkyl halides is 1. The first-order chi connectivity index (χ1) is 4.20. The molecule has 0 aromatic rings. The van der Waals surface area contributed by atoms with E-state index in [0.717, 1.165) is 12.8 Å². The Kier molecular flexibility index (Phi) is 1.78. The molecule has 9 heavy (non-hydrogen) atoms. The lowest BCUT2D eigenvalue weighted by Crippen LogP contribution is -2.34. The van der Waals surface area contributed by atoms with Gasteiger partial charge in [0.25, 0.3) is 0 Å². The Hall–Kier alpha value is -0.0700. The Morgan fingerprint density at radius 3 is 2.44 bits per heavy atom. The molecular weight excluding hydrogens is 115 g/mol. The average molecular weight is 130 g/mol. The maximum absolute atomic E-state index is 11.9. The van der Waals surface area contributed by atoms with Crippen LogP contribution in [0, 0.1) is 11.3 Å². The molecule has 0 aromatic heterocycles. The first kappa shape index (κ1) is 7.04. The molecule has 0 amide bonds. The predicted molar refractivity (Wildman–Crippen MR) is 37.1 cm³/mol. The molecule has 0 nitrogen and oxygen atoms in total. The third kappa shape index (κ3) is 1.25. The third-order valence-corrected chi connectivity index (χ3v) is 2.63. The van der Waals surface area contributed by atoms with Crippen LogP contribution in [0.1, 0.15) is 33.1 Å². The molecule has 0 heterocycles. The van der Waals surface area contributed by atoms with Crippen LogP contribution >= 0.6 is 0 Å². The first-order valence-corrected chi connectivity index (χ1v) is 3.76. The quantitative estimate of drug-likeness (QED) is 0.539. The van der Waals surface area contributed by atoms with Crippen LogP contribution in [0.25, 0.3) is 0 Å². The highest BCUT2D eigenvalue weighted by Gasteiger charge is 2.38. The van der Waals surface area contributed by atoms with Gasteiger partial charge in [-0.25, -0.2) is 0 Å². The zero-order valence-electron chi connectivity index (χ0n) is 6.28. The van der Waals surface area contributed by atoms with Crippen LogP contribution in [0.3, 0.4) is 0 Å². The molecule has 0 spiro atoms. The highest BCUT2D eigenvalue weighted by atomic mass is 19.1. The first-order valence-electron chi connectivity index (χ1n) is 3.76. The number of hydrogen-bond acceptors (Lipinski definition) is 0. The van der Waals surface area contributed by atoms with Gasteiger partial charge in [0.1, 0.15) is 0 Å². The molecule has 0 aliphatic heterocycles. The summed E-state index contributed by atoms with van der Waals surface area (Å²) >= 11 is 0. The summed E-state index contributed by atoms with van der Waals surface area (Å²) in [6, 6.07) is 0. The molecule has 1 aliphatic rings. The van der Waals surface area contributed by atoms with Gasteiger partial charge in [-0.1, -0.05) is 20.3 Å². The van der Waals surface area contributed by atoms with Gasteiger partial charge in [0.15, 0.2) is 0 Å². The fraction of sp³-hybridized carbons (Fsp3) is 1.00. The molecule has 0 atom stereocenters. The monoisotopic (exact) mass is 130 g/mol. The van der Waals surface area contributed by atoms with Gasteiger partial charge in [-0.15, -0.1) is 0 Å². The van der Waals surface area contributed by atoms with Crippen molar-refractivity contribution in [2.75, 3.05) is 6.67 Å². The van der Waals surface area contributed by atoms with E-state index < -0.39 is 0 Å². The van der Waals surface area contributed by atoms with E-state index in [4.69, 9.17) is 0 Å². The van der Waals surface area contributed by atoms with Gasteiger partial charge in [0.2, 0.25) is 0 Å². The molecule has 54 valence electrons. The summed E-state index contributed by atoms with van der Waals surface area (Å²) < 4.78 is 11.9. The second-order valence-electron chi connectivity index (χ2n) is 3.59. The van der Waals surface area contributed by atoms with Gasteiger partial charge >= 0.3 is 0 Å². The Morgan fingerprint density at radius 1 is 1.56 bits per heavy atom. The molecule has 1 rings (SSSR count). The largest absolute Gasteiger partial charge is 0.251 e. The second kappa shape index (κ2) is 2.28. The minimum absolute atomic E-state index is 0.102. The summed E-state index contributed by atoms with van der Waals surface area (Å²) in [6.07, 6.45) is 3.43. The lowest BCUT2D eigenvalue weighted by molar-refractivity contribution is 0.0529. The zero-order chi connectivity index (χ0) is 6.91. The van der Waals surface area contributed by atoms with Crippen LogP contribution in [-0.2, 0) is 0 Å². The molecule has 0 saturated heterocycles. The van der Waals surface area contributed by atoms with Crippen molar-refractivity contribution in [2.24, 2.45) is 11.3 Å². The van der Waals surface area contributed by atoms with E-state index in [0.29, 0.717) is 11.3 Å². The Labute approximate surface area is 56.5 Å². The third-order valence-electron chi connectivity index (χ3n) is 2.63. The standard InChI is InChI=1S/C8H15F/c1-3-8(2)4-7(5-8)6-9/h7H,3-6H2,1-2H3. The second-order valence-corrected chi connectivity index (χ2v) is 3.59. The van der Waals surface area contributed by atoms with Crippen molar-refractivity contribution in [2.45, 2.75) is 33.1 Å². The predicted octanol–water partition coefficient (Wildman–Crippen LogP) is 2.78. The molecule has 1 saturated carbocycles. The summed E-state index contributed by atoms with van der Waals surface area (Å²) in [5, 5.41) is 0. The highest BCUT2D eigenvalue weighted by Crippen LogP contribution is 2.47. The van der Waals surface area contributed by atoms with Crippen molar-refractivity contribution in [1.82, 2.24) is 0 Å². The molecule has 1 aliphatic carbocycles. The molecule has 0 radical (unpaired) electrons. The van der Waals surface area contributed by atoms with Crippen LogP contribution in [-0.4, -0.2) is 6.67 Å². The maximum atomic E-state index is 11.9. The minimum Gasteiger partial charge on any atom is -0.251 e. The molecule has 0 N–H and O–H groups in total. The number of hydrogen-bond donors (Lipinski definition) is 0. The SMILES string of the molecule is CCC1(C)CC(CF)C1. The van der Waals surface area contributed by atoms with Crippen molar-refractivity contribution in [1.29, 1.82) is 0 Å². The van der Waals surface area contributed by atoms with E-state index in [2.05, 4.69) is 13.8 Å². The molecule has 1 fully saturated rings. The van der Waals surface area contributed by atoms with Crippen LogP contribution in [0.4, 0.5) is 4.39 Å². The number of rotatable bonds is 2. The van der Waals surface area contributed by atoms with Gasteiger partial charge in [0.05, 0.1) is 6.67 Å². The minimum atomic E-state index is -0.102. The number of halogens is 1. The van der Waals surface area contributed by atoms with E-state index in [1.807, 2.05) is 0 Å². The van der Waals surface area contributed by atoms with Gasteiger partial charge in [-0.3, -0.25) is 4.39 Å². The van der Waals surface area contributed by atoms with E-state index in [9.17, 15) is 4.39 Å².